The van der Waals surface area contributed by atoms with Crippen LogP contribution >= 0.6 is 7.82 Å². The summed E-state index contributed by atoms with van der Waals surface area (Å²) in [5, 5.41) is 0. The molecule has 51 heavy (non-hydrogen) atoms. The standard InChI is InChI=1S/C41H72NO8P/c1-6-8-10-12-14-16-18-19-20-21-22-23-24-26-28-30-32-34-41(44)50-39(38-49-51(45,46)48-36-35-42(3,4)5)37-47-40(43)33-31-29-27-25-17-15-13-11-9-7-2/h8,10,14,16,19-20,22-23,26,28,39H,6-7,9,11-13,15,17-18,21,24-25,27,29-38H2,1-5H3/p+1/b10-8-,16-14-,20-19-,23-22-,28-26-. The van der Waals surface area contributed by atoms with Crippen molar-refractivity contribution in [3.63, 3.8) is 0 Å². The molecule has 1 N–H and O–H groups in total. The van der Waals surface area contributed by atoms with E-state index >= 15 is 0 Å². The maximum atomic E-state index is 12.6. The minimum atomic E-state index is -4.38. The van der Waals surface area contributed by atoms with Crippen molar-refractivity contribution in [3.8, 4) is 0 Å². The van der Waals surface area contributed by atoms with Gasteiger partial charge in [-0.15, -0.1) is 0 Å². The molecule has 10 heteroatoms. The van der Waals surface area contributed by atoms with Gasteiger partial charge in [-0.1, -0.05) is 132 Å². The van der Waals surface area contributed by atoms with Gasteiger partial charge in [-0.2, -0.15) is 0 Å². The normalized spacial score (nSPS) is 14.4. The third kappa shape index (κ3) is 37.3. The fourth-order valence-corrected chi connectivity index (χ4v) is 5.49. The molecular weight excluding hydrogens is 665 g/mol. The molecule has 0 aliphatic heterocycles. The highest BCUT2D eigenvalue weighted by molar-refractivity contribution is 7.47. The van der Waals surface area contributed by atoms with E-state index in [9.17, 15) is 19.0 Å². The predicted molar refractivity (Wildman–Crippen MR) is 210 cm³/mol. The average Bonchev–Trinajstić information content (AvgIpc) is 3.07. The Morgan fingerprint density at radius 2 is 1.12 bits per heavy atom. The smallest absolute Gasteiger partial charge is 0.462 e. The lowest BCUT2D eigenvalue weighted by atomic mass is 10.1. The molecule has 0 aromatic rings. The maximum absolute atomic E-state index is 12.6. The number of allylic oxidation sites excluding steroid dienone is 10. The Morgan fingerprint density at radius 3 is 1.65 bits per heavy atom. The summed E-state index contributed by atoms with van der Waals surface area (Å²) in [4.78, 5) is 35.1. The van der Waals surface area contributed by atoms with Crippen molar-refractivity contribution in [2.45, 2.75) is 142 Å². The van der Waals surface area contributed by atoms with E-state index in [1.807, 2.05) is 27.2 Å². The number of nitrogens with zero attached hydrogens (tertiary/aromatic N) is 1. The van der Waals surface area contributed by atoms with Crippen molar-refractivity contribution >= 4 is 19.8 Å². The molecule has 0 aliphatic rings. The highest BCUT2D eigenvalue weighted by Crippen LogP contribution is 2.43. The van der Waals surface area contributed by atoms with Crippen molar-refractivity contribution in [2.24, 2.45) is 0 Å². The van der Waals surface area contributed by atoms with E-state index in [4.69, 9.17) is 18.5 Å². The van der Waals surface area contributed by atoms with Crippen molar-refractivity contribution in [1.29, 1.82) is 0 Å². The first kappa shape index (κ1) is 48.7. The Bertz CT molecular complexity index is 1060. The van der Waals surface area contributed by atoms with Crippen LogP contribution in [0.25, 0.3) is 0 Å². The largest absolute Gasteiger partial charge is 0.472 e. The molecule has 0 amide bonds. The molecule has 294 valence electrons. The van der Waals surface area contributed by atoms with E-state index in [1.165, 1.54) is 44.9 Å². The van der Waals surface area contributed by atoms with Crippen LogP contribution in [-0.4, -0.2) is 74.9 Å². The molecule has 0 spiro atoms. The summed E-state index contributed by atoms with van der Waals surface area (Å²) in [7, 11) is 1.43. The predicted octanol–water partition coefficient (Wildman–Crippen LogP) is 10.5. The van der Waals surface area contributed by atoms with E-state index in [0.717, 1.165) is 51.4 Å². The molecule has 2 unspecified atom stereocenters. The number of quaternary nitrogens is 1. The van der Waals surface area contributed by atoms with Crippen LogP contribution in [0.5, 0.6) is 0 Å². The zero-order valence-corrected chi connectivity index (χ0v) is 33.7. The number of hydrogen-bond acceptors (Lipinski definition) is 7. The molecule has 0 saturated carbocycles. The number of ether oxygens (including phenoxy) is 2. The van der Waals surface area contributed by atoms with Crippen molar-refractivity contribution in [1.82, 2.24) is 0 Å². The van der Waals surface area contributed by atoms with E-state index in [-0.39, 0.29) is 32.0 Å². The first-order valence-electron chi connectivity index (χ1n) is 19.5. The fraction of sp³-hybridized carbons (Fsp3) is 0.707. The molecule has 0 aromatic carbocycles. The summed E-state index contributed by atoms with van der Waals surface area (Å²) in [5.41, 5.74) is 0. The molecule has 0 aromatic heterocycles. The summed E-state index contributed by atoms with van der Waals surface area (Å²) in [6.45, 7) is 4.20. The minimum absolute atomic E-state index is 0.0192. The lowest BCUT2D eigenvalue weighted by molar-refractivity contribution is -0.870. The van der Waals surface area contributed by atoms with E-state index in [1.54, 1.807) is 0 Å². The summed E-state index contributed by atoms with van der Waals surface area (Å²) >= 11 is 0. The van der Waals surface area contributed by atoms with Crippen LogP contribution < -0.4 is 0 Å². The van der Waals surface area contributed by atoms with E-state index < -0.39 is 26.5 Å². The van der Waals surface area contributed by atoms with Crippen LogP contribution in [0.2, 0.25) is 0 Å². The highest BCUT2D eigenvalue weighted by atomic mass is 31.2. The van der Waals surface area contributed by atoms with Crippen LogP contribution in [-0.2, 0) is 32.7 Å². The zero-order chi connectivity index (χ0) is 37.9. The van der Waals surface area contributed by atoms with Gasteiger partial charge < -0.3 is 18.9 Å². The van der Waals surface area contributed by atoms with E-state index in [0.29, 0.717) is 23.9 Å². The van der Waals surface area contributed by atoms with Crippen LogP contribution in [0, 0.1) is 0 Å². The molecular formula is C41H73NO8P+. The average molecular weight is 739 g/mol. The van der Waals surface area contributed by atoms with Crippen molar-refractivity contribution in [2.75, 3.05) is 47.5 Å². The number of unbranched alkanes of at least 4 members (excludes halogenated alkanes) is 10. The third-order valence-corrected chi connectivity index (χ3v) is 8.80. The molecule has 0 bridgehead atoms. The van der Waals surface area contributed by atoms with Crippen LogP contribution in [0.4, 0.5) is 0 Å². The van der Waals surface area contributed by atoms with Gasteiger partial charge in [0.05, 0.1) is 27.7 Å². The van der Waals surface area contributed by atoms with Gasteiger partial charge in [-0.3, -0.25) is 18.6 Å². The van der Waals surface area contributed by atoms with Crippen LogP contribution in [0.15, 0.2) is 60.8 Å². The van der Waals surface area contributed by atoms with Crippen molar-refractivity contribution < 1.29 is 42.1 Å². The number of esters is 2. The number of carbonyl (C=O) groups is 2. The van der Waals surface area contributed by atoms with Gasteiger partial charge in [-0.25, -0.2) is 4.57 Å². The number of likely N-dealkylation sites (N-methyl/N-ethyl adjacent to an activating group) is 1. The number of rotatable bonds is 34. The fourth-order valence-electron chi connectivity index (χ4n) is 4.75. The molecule has 0 radical (unpaired) electrons. The minimum Gasteiger partial charge on any atom is -0.462 e. The van der Waals surface area contributed by atoms with Crippen molar-refractivity contribution in [3.05, 3.63) is 60.8 Å². The number of phosphoric ester groups is 1. The molecule has 0 heterocycles. The monoisotopic (exact) mass is 739 g/mol. The topological polar surface area (TPSA) is 108 Å². The van der Waals surface area contributed by atoms with Gasteiger partial charge in [0, 0.05) is 12.8 Å². The Morgan fingerprint density at radius 1 is 0.627 bits per heavy atom. The number of hydrogen-bond donors (Lipinski definition) is 1. The maximum Gasteiger partial charge on any atom is 0.472 e. The van der Waals surface area contributed by atoms with Gasteiger partial charge in [0.25, 0.3) is 0 Å². The van der Waals surface area contributed by atoms with Crippen LogP contribution in [0.3, 0.4) is 0 Å². The molecule has 0 fully saturated rings. The Labute approximate surface area is 311 Å². The van der Waals surface area contributed by atoms with Crippen LogP contribution in [0.1, 0.15) is 136 Å². The zero-order valence-electron chi connectivity index (χ0n) is 32.8. The molecule has 0 rings (SSSR count). The lowest BCUT2D eigenvalue weighted by Crippen LogP contribution is -2.37. The molecule has 9 nitrogen and oxygen atoms in total. The lowest BCUT2D eigenvalue weighted by Gasteiger charge is -2.24. The second-order valence-electron chi connectivity index (χ2n) is 13.9. The first-order chi connectivity index (χ1) is 24.5. The first-order valence-corrected chi connectivity index (χ1v) is 21.0. The summed E-state index contributed by atoms with van der Waals surface area (Å²) in [6.07, 6.45) is 38.5. The molecule has 0 saturated heterocycles. The number of phosphoric acid groups is 1. The van der Waals surface area contributed by atoms with Gasteiger partial charge >= 0.3 is 19.8 Å². The van der Waals surface area contributed by atoms with Gasteiger partial charge in [0.1, 0.15) is 19.8 Å². The summed E-state index contributed by atoms with van der Waals surface area (Å²) in [5.74, 6) is -0.874. The third-order valence-electron chi connectivity index (χ3n) is 7.81. The second kappa shape index (κ2) is 33.5. The van der Waals surface area contributed by atoms with Gasteiger partial charge in [0.15, 0.2) is 6.10 Å². The quantitative estimate of drug-likeness (QED) is 0.0229. The number of carbonyl (C=O) groups excluding carboxylic acids is 2. The molecule has 0 aliphatic carbocycles. The SMILES string of the molecule is CC/C=C\C/C=C\C/C=C\C/C=C\C/C=C\CCCC(=O)OC(COC(=O)CCCCCCCCCCCC)COP(=O)(O)OCC[N+](C)(C)C. The Balaban J connectivity index is 4.54. The highest BCUT2D eigenvalue weighted by Gasteiger charge is 2.27. The molecule has 2 atom stereocenters. The Hall–Kier alpha value is -2.29. The second-order valence-corrected chi connectivity index (χ2v) is 15.4. The van der Waals surface area contributed by atoms with Gasteiger partial charge in [0.2, 0.25) is 0 Å². The summed E-state index contributed by atoms with van der Waals surface area (Å²) < 4.78 is 34.1. The van der Waals surface area contributed by atoms with E-state index in [2.05, 4.69) is 68.5 Å². The summed E-state index contributed by atoms with van der Waals surface area (Å²) in [6, 6.07) is 0. The Kier molecular flexibility index (Phi) is 32.0. The van der Waals surface area contributed by atoms with Gasteiger partial charge in [-0.05, 0) is 51.4 Å².